The third-order valence-electron chi connectivity index (χ3n) is 4.53. The molecule has 3 aromatic rings. The average molecular weight is 373 g/mol. The first-order chi connectivity index (χ1) is 12.7. The van der Waals surface area contributed by atoms with Crippen LogP contribution in [0.3, 0.4) is 0 Å². The fourth-order valence-electron chi connectivity index (χ4n) is 3.18. The molecule has 0 bridgehead atoms. The topological polar surface area (TPSA) is 58.5 Å². The molecular weight excluding hydrogens is 352 g/mol. The molecule has 0 saturated carbocycles. The van der Waals surface area contributed by atoms with Crippen LogP contribution in [0.2, 0.25) is 5.02 Å². The fraction of sp³-hybridized carbons (Fsp3) is 0.368. The zero-order valence-electron chi connectivity index (χ0n) is 14.7. The summed E-state index contributed by atoms with van der Waals surface area (Å²) in [6, 6.07) is 9.55. The van der Waals surface area contributed by atoms with E-state index in [2.05, 4.69) is 19.9 Å². The van der Waals surface area contributed by atoms with Gasteiger partial charge in [0.2, 0.25) is 5.89 Å². The van der Waals surface area contributed by atoms with Crippen LogP contribution in [-0.2, 0) is 13.1 Å². The number of hydrogen-bond acceptors (Lipinski definition) is 6. The van der Waals surface area contributed by atoms with E-state index in [9.17, 15) is 0 Å². The van der Waals surface area contributed by atoms with E-state index in [-0.39, 0.29) is 0 Å². The summed E-state index contributed by atoms with van der Waals surface area (Å²) in [5, 5.41) is 4.63. The van der Waals surface area contributed by atoms with Crippen LogP contribution in [0, 0.1) is 6.92 Å². The van der Waals surface area contributed by atoms with Crippen molar-refractivity contribution in [2.24, 2.45) is 0 Å². The van der Waals surface area contributed by atoms with Crippen LogP contribution in [0.25, 0.3) is 11.5 Å². The maximum absolute atomic E-state index is 6.04. The number of piperazine rings is 1. The molecule has 26 heavy (non-hydrogen) atoms. The molecule has 0 aliphatic carbocycles. The Morgan fingerprint density at radius 2 is 1.85 bits per heavy atom. The lowest BCUT2D eigenvalue weighted by atomic mass is 10.2. The maximum Gasteiger partial charge on any atom is 0.226 e. The molecule has 0 unspecified atom stereocenters. The summed E-state index contributed by atoms with van der Waals surface area (Å²) in [4.78, 5) is 9.38. The predicted molar refractivity (Wildman–Crippen MR) is 98.7 cm³/mol. The van der Waals surface area contributed by atoms with Crippen LogP contribution in [0.15, 0.2) is 45.5 Å². The van der Waals surface area contributed by atoms with Crippen LogP contribution in [0.1, 0.15) is 17.1 Å². The molecule has 7 heteroatoms. The molecule has 1 aliphatic heterocycles. The monoisotopic (exact) mass is 372 g/mol. The van der Waals surface area contributed by atoms with Gasteiger partial charge in [0.15, 0.2) is 5.76 Å². The summed E-state index contributed by atoms with van der Waals surface area (Å²) in [5.41, 5.74) is 2.77. The summed E-state index contributed by atoms with van der Waals surface area (Å²) >= 11 is 6.04. The Bertz CT molecular complexity index is 868. The Kier molecular flexibility index (Phi) is 5.06. The molecule has 6 nitrogen and oxygen atoms in total. The average Bonchev–Trinajstić information content (AvgIpc) is 3.26. The fourth-order valence-corrected chi connectivity index (χ4v) is 3.37. The third kappa shape index (κ3) is 4.15. The van der Waals surface area contributed by atoms with E-state index in [0.29, 0.717) is 10.9 Å². The number of aryl methyl sites for hydroxylation is 1. The molecule has 136 valence electrons. The van der Waals surface area contributed by atoms with Gasteiger partial charge in [0.05, 0.1) is 17.9 Å². The summed E-state index contributed by atoms with van der Waals surface area (Å²) in [5.74, 6) is 1.54. The molecule has 3 heterocycles. The van der Waals surface area contributed by atoms with Crippen molar-refractivity contribution < 1.29 is 8.94 Å². The first-order valence-corrected chi connectivity index (χ1v) is 9.11. The zero-order chi connectivity index (χ0) is 17.9. The highest BCUT2D eigenvalue weighted by Crippen LogP contribution is 2.22. The molecule has 0 atom stereocenters. The normalized spacial score (nSPS) is 16.2. The van der Waals surface area contributed by atoms with Gasteiger partial charge in [0.1, 0.15) is 6.26 Å². The van der Waals surface area contributed by atoms with Gasteiger partial charge in [-0.3, -0.25) is 9.80 Å². The van der Waals surface area contributed by atoms with E-state index in [1.807, 2.05) is 37.3 Å². The first-order valence-electron chi connectivity index (χ1n) is 8.73. The number of nitrogens with zero attached hydrogens (tertiary/aromatic N) is 4. The Labute approximate surface area is 157 Å². The van der Waals surface area contributed by atoms with Crippen molar-refractivity contribution in [1.82, 2.24) is 19.9 Å². The molecule has 2 aromatic heterocycles. The van der Waals surface area contributed by atoms with Crippen molar-refractivity contribution in [2.45, 2.75) is 20.0 Å². The minimum absolute atomic E-state index is 0.613. The van der Waals surface area contributed by atoms with Crippen molar-refractivity contribution in [3.8, 4) is 11.5 Å². The van der Waals surface area contributed by atoms with E-state index < -0.39 is 0 Å². The van der Waals surface area contributed by atoms with E-state index in [1.165, 1.54) is 0 Å². The Morgan fingerprint density at radius 3 is 2.54 bits per heavy atom. The molecule has 1 aromatic carbocycles. The lowest BCUT2D eigenvalue weighted by Gasteiger charge is -2.33. The number of oxazole rings is 1. The first kappa shape index (κ1) is 17.3. The van der Waals surface area contributed by atoms with Crippen molar-refractivity contribution in [3.05, 3.63) is 58.8 Å². The van der Waals surface area contributed by atoms with Crippen LogP contribution < -0.4 is 0 Å². The summed E-state index contributed by atoms with van der Waals surface area (Å²) in [6.45, 7) is 7.54. The SMILES string of the molecule is Cc1cc(CN2CCN(Cc3coc(-c4cccc(Cl)c4)n3)CC2)on1. The van der Waals surface area contributed by atoms with Gasteiger partial charge in [-0.2, -0.15) is 0 Å². The highest BCUT2D eigenvalue weighted by Gasteiger charge is 2.19. The number of hydrogen-bond donors (Lipinski definition) is 0. The van der Waals surface area contributed by atoms with Gasteiger partial charge >= 0.3 is 0 Å². The van der Waals surface area contributed by atoms with Crippen LogP contribution in [-0.4, -0.2) is 46.1 Å². The summed E-state index contributed by atoms with van der Waals surface area (Å²) in [6.07, 6.45) is 1.74. The van der Waals surface area contributed by atoms with Crippen LogP contribution >= 0.6 is 11.6 Å². The molecule has 0 N–H and O–H groups in total. The number of rotatable bonds is 5. The van der Waals surface area contributed by atoms with Gasteiger partial charge in [-0.15, -0.1) is 0 Å². The van der Waals surface area contributed by atoms with Gasteiger partial charge in [-0.05, 0) is 25.1 Å². The quantitative estimate of drug-likeness (QED) is 0.682. The Hall–Kier alpha value is -2.15. The lowest BCUT2D eigenvalue weighted by Crippen LogP contribution is -2.45. The van der Waals surface area contributed by atoms with E-state index in [1.54, 1.807) is 6.26 Å². The van der Waals surface area contributed by atoms with E-state index in [0.717, 1.165) is 62.0 Å². The van der Waals surface area contributed by atoms with Crippen LogP contribution in [0.4, 0.5) is 0 Å². The van der Waals surface area contributed by atoms with Gasteiger partial charge in [0, 0.05) is 49.4 Å². The minimum atomic E-state index is 0.613. The number of benzene rings is 1. The van der Waals surface area contributed by atoms with Crippen molar-refractivity contribution >= 4 is 11.6 Å². The molecule has 4 rings (SSSR count). The van der Waals surface area contributed by atoms with Crippen LogP contribution in [0.5, 0.6) is 0 Å². The van der Waals surface area contributed by atoms with E-state index in [4.69, 9.17) is 20.5 Å². The Balaban J connectivity index is 1.30. The van der Waals surface area contributed by atoms with Gasteiger partial charge in [-0.25, -0.2) is 4.98 Å². The van der Waals surface area contributed by atoms with Gasteiger partial charge in [0.25, 0.3) is 0 Å². The number of halogens is 1. The molecule has 1 aliphatic rings. The van der Waals surface area contributed by atoms with Gasteiger partial charge in [-0.1, -0.05) is 22.8 Å². The number of aromatic nitrogens is 2. The third-order valence-corrected chi connectivity index (χ3v) is 4.77. The smallest absolute Gasteiger partial charge is 0.226 e. The van der Waals surface area contributed by atoms with E-state index >= 15 is 0 Å². The molecule has 0 amide bonds. The predicted octanol–water partition coefficient (Wildman–Crippen LogP) is 3.61. The molecule has 1 saturated heterocycles. The lowest BCUT2D eigenvalue weighted by molar-refractivity contribution is 0.113. The second-order valence-electron chi connectivity index (χ2n) is 6.64. The molecule has 1 fully saturated rings. The summed E-state index contributed by atoms with van der Waals surface area (Å²) in [7, 11) is 0. The van der Waals surface area contributed by atoms with Crippen molar-refractivity contribution in [1.29, 1.82) is 0 Å². The Morgan fingerprint density at radius 1 is 1.08 bits per heavy atom. The largest absolute Gasteiger partial charge is 0.444 e. The molecular formula is C19H21ClN4O2. The standard InChI is InChI=1S/C19H21ClN4O2/c1-14-9-18(26-22-14)12-24-7-5-23(6-8-24)11-17-13-25-19(21-17)15-3-2-4-16(20)10-15/h2-4,9-10,13H,5-8,11-12H2,1H3. The highest BCUT2D eigenvalue weighted by molar-refractivity contribution is 6.30. The minimum Gasteiger partial charge on any atom is -0.444 e. The summed E-state index contributed by atoms with van der Waals surface area (Å²) < 4.78 is 10.9. The van der Waals surface area contributed by atoms with Gasteiger partial charge < -0.3 is 8.94 Å². The maximum atomic E-state index is 6.04. The van der Waals surface area contributed by atoms with Crippen molar-refractivity contribution in [2.75, 3.05) is 26.2 Å². The molecule has 0 radical (unpaired) electrons. The highest BCUT2D eigenvalue weighted by atomic mass is 35.5. The second-order valence-corrected chi connectivity index (χ2v) is 7.08. The zero-order valence-corrected chi connectivity index (χ0v) is 15.4. The second kappa shape index (κ2) is 7.61. The van der Waals surface area contributed by atoms with Crippen molar-refractivity contribution in [3.63, 3.8) is 0 Å². The molecule has 0 spiro atoms.